The molecule has 0 aromatic carbocycles. The number of aromatic nitrogens is 3. The average molecular weight is 475 g/mol. The Kier molecular flexibility index (Phi) is 6.48. The van der Waals surface area contributed by atoms with E-state index < -0.39 is 0 Å². The van der Waals surface area contributed by atoms with Gasteiger partial charge in [-0.05, 0) is 69.8 Å². The molecule has 7 heteroatoms. The van der Waals surface area contributed by atoms with Gasteiger partial charge in [-0.2, -0.15) is 0 Å². The van der Waals surface area contributed by atoms with Crippen molar-refractivity contribution in [2.24, 2.45) is 0 Å². The van der Waals surface area contributed by atoms with E-state index in [1.807, 2.05) is 12.3 Å². The van der Waals surface area contributed by atoms with Crippen LogP contribution in [0.25, 0.3) is 5.65 Å². The highest BCUT2D eigenvalue weighted by atomic mass is 16.5. The Morgan fingerprint density at radius 1 is 0.914 bits per heavy atom. The summed E-state index contributed by atoms with van der Waals surface area (Å²) in [5.41, 5.74) is 4.72. The fraction of sp³-hybridized carbons (Fsp3) is 0.571. The number of rotatable bonds is 4. The zero-order chi connectivity index (χ0) is 23.8. The summed E-state index contributed by atoms with van der Waals surface area (Å²) in [5.74, 6) is 1.27. The van der Waals surface area contributed by atoms with Crippen molar-refractivity contribution >= 4 is 11.5 Å². The molecule has 2 atom stereocenters. The SMILES string of the molecule is Cc1cccnc1[C@@H]1CCC[C@H](c2cn3c(N4CCN(C5CCOCC5)CC4)cccc3n2)N1C. The first kappa shape index (κ1) is 23.0. The van der Waals surface area contributed by atoms with Gasteiger partial charge in [0, 0.05) is 57.8 Å². The number of hydrogen-bond acceptors (Lipinski definition) is 6. The van der Waals surface area contributed by atoms with E-state index in [9.17, 15) is 0 Å². The van der Waals surface area contributed by atoms with Crippen molar-refractivity contribution in [1.29, 1.82) is 0 Å². The van der Waals surface area contributed by atoms with Crippen molar-refractivity contribution < 1.29 is 4.74 Å². The molecule has 3 aromatic heterocycles. The van der Waals surface area contributed by atoms with E-state index >= 15 is 0 Å². The molecule has 0 aliphatic carbocycles. The minimum absolute atomic E-state index is 0.313. The van der Waals surface area contributed by atoms with Crippen LogP contribution >= 0.6 is 0 Å². The van der Waals surface area contributed by atoms with Crippen LogP contribution in [-0.4, -0.2) is 76.7 Å². The number of aryl methyl sites for hydroxylation is 1. The number of imidazole rings is 1. The fourth-order valence-corrected chi connectivity index (χ4v) is 6.46. The highest BCUT2D eigenvalue weighted by molar-refractivity contribution is 5.53. The Bertz CT molecular complexity index is 1150. The smallest absolute Gasteiger partial charge is 0.138 e. The first-order valence-electron chi connectivity index (χ1n) is 13.4. The maximum Gasteiger partial charge on any atom is 0.138 e. The fourth-order valence-electron chi connectivity index (χ4n) is 6.46. The van der Waals surface area contributed by atoms with Crippen LogP contribution in [0.15, 0.2) is 42.7 Å². The van der Waals surface area contributed by atoms with Crippen molar-refractivity contribution in [3.63, 3.8) is 0 Å². The molecule has 6 rings (SSSR count). The quantitative estimate of drug-likeness (QED) is 0.564. The highest BCUT2D eigenvalue weighted by Gasteiger charge is 2.33. The van der Waals surface area contributed by atoms with Gasteiger partial charge in [0.15, 0.2) is 0 Å². The first-order chi connectivity index (χ1) is 17.2. The predicted molar refractivity (Wildman–Crippen MR) is 139 cm³/mol. The molecule has 0 bridgehead atoms. The molecule has 35 heavy (non-hydrogen) atoms. The van der Waals surface area contributed by atoms with Gasteiger partial charge < -0.3 is 9.64 Å². The lowest BCUT2D eigenvalue weighted by atomic mass is 9.91. The van der Waals surface area contributed by atoms with Gasteiger partial charge in [-0.15, -0.1) is 0 Å². The Labute approximate surface area is 208 Å². The highest BCUT2D eigenvalue weighted by Crippen LogP contribution is 2.40. The number of pyridine rings is 2. The minimum atomic E-state index is 0.313. The van der Waals surface area contributed by atoms with E-state index in [0.29, 0.717) is 18.1 Å². The summed E-state index contributed by atoms with van der Waals surface area (Å²) in [5, 5.41) is 0. The average Bonchev–Trinajstić information content (AvgIpc) is 3.34. The molecule has 0 saturated carbocycles. The van der Waals surface area contributed by atoms with Gasteiger partial charge in [-0.3, -0.25) is 19.2 Å². The number of ether oxygens (including phenoxy) is 1. The van der Waals surface area contributed by atoms with Gasteiger partial charge >= 0.3 is 0 Å². The van der Waals surface area contributed by atoms with Crippen LogP contribution in [0.2, 0.25) is 0 Å². The van der Waals surface area contributed by atoms with Gasteiger partial charge in [-0.25, -0.2) is 4.98 Å². The van der Waals surface area contributed by atoms with E-state index in [2.05, 4.69) is 63.5 Å². The topological polar surface area (TPSA) is 49.1 Å². The molecule has 0 N–H and O–H groups in total. The Balaban J connectivity index is 1.22. The van der Waals surface area contributed by atoms with Crippen molar-refractivity contribution in [2.75, 3.05) is 51.3 Å². The molecule has 0 radical (unpaired) electrons. The van der Waals surface area contributed by atoms with Crippen LogP contribution in [0, 0.1) is 6.92 Å². The number of fused-ring (bicyclic) bond motifs is 1. The number of piperidine rings is 1. The molecule has 3 fully saturated rings. The molecule has 3 aromatic rings. The van der Waals surface area contributed by atoms with Gasteiger partial charge in [0.1, 0.15) is 11.5 Å². The third-order valence-corrected chi connectivity index (χ3v) is 8.48. The molecule has 0 amide bonds. The summed E-state index contributed by atoms with van der Waals surface area (Å²) in [6.07, 6.45) is 10.1. The third-order valence-electron chi connectivity index (χ3n) is 8.48. The lowest BCUT2D eigenvalue weighted by molar-refractivity contribution is 0.0321. The molecular weight excluding hydrogens is 436 g/mol. The number of piperazine rings is 1. The summed E-state index contributed by atoms with van der Waals surface area (Å²) in [6.45, 7) is 8.39. The van der Waals surface area contributed by atoms with Gasteiger partial charge in [-0.1, -0.05) is 12.1 Å². The van der Waals surface area contributed by atoms with Crippen LogP contribution in [0.5, 0.6) is 0 Å². The summed E-state index contributed by atoms with van der Waals surface area (Å²) in [4.78, 5) is 17.6. The molecule has 3 aliphatic rings. The van der Waals surface area contributed by atoms with Crippen LogP contribution < -0.4 is 4.90 Å². The maximum absolute atomic E-state index is 5.57. The second-order valence-electron chi connectivity index (χ2n) is 10.5. The summed E-state index contributed by atoms with van der Waals surface area (Å²) < 4.78 is 7.89. The minimum Gasteiger partial charge on any atom is -0.381 e. The lowest BCUT2D eigenvalue weighted by Gasteiger charge is -2.41. The second kappa shape index (κ2) is 9.88. The lowest BCUT2D eigenvalue weighted by Crippen LogP contribution is -2.52. The van der Waals surface area contributed by atoms with E-state index in [-0.39, 0.29) is 0 Å². The van der Waals surface area contributed by atoms with E-state index in [0.717, 1.165) is 57.9 Å². The third kappa shape index (κ3) is 4.46. The second-order valence-corrected chi connectivity index (χ2v) is 10.5. The molecular formula is C28H38N6O. The normalized spacial score (nSPS) is 25.4. The van der Waals surface area contributed by atoms with Crippen molar-refractivity contribution in [3.8, 4) is 0 Å². The predicted octanol–water partition coefficient (Wildman–Crippen LogP) is 4.24. The summed E-state index contributed by atoms with van der Waals surface area (Å²) in [6, 6.07) is 12.1. The number of hydrogen-bond donors (Lipinski definition) is 0. The van der Waals surface area contributed by atoms with Gasteiger partial charge in [0.05, 0.1) is 23.5 Å². The van der Waals surface area contributed by atoms with Crippen molar-refractivity contribution in [3.05, 3.63) is 59.7 Å². The van der Waals surface area contributed by atoms with Gasteiger partial charge in [0.25, 0.3) is 0 Å². The number of anilines is 1. The maximum atomic E-state index is 5.57. The molecule has 0 unspecified atom stereocenters. The number of likely N-dealkylation sites (tertiary alicyclic amines) is 1. The molecule has 3 saturated heterocycles. The Morgan fingerprint density at radius 3 is 2.51 bits per heavy atom. The monoisotopic (exact) mass is 474 g/mol. The summed E-state index contributed by atoms with van der Waals surface area (Å²) >= 11 is 0. The first-order valence-corrected chi connectivity index (χ1v) is 13.4. The van der Waals surface area contributed by atoms with E-state index in [1.54, 1.807) is 0 Å². The standard InChI is InChI=1S/C28H38N6O/c1-21-6-5-13-29-28(21)25-8-3-7-24(31(25)2)23-20-34-26(30-23)9-4-10-27(34)33-16-14-32(15-17-33)22-11-18-35-19-12-22/h4-6,9-10,13,20,22,24-25H,3,7-8,11-12,14-19H2,1-2H3/t24-,25+/m1/s1. The van der Waals surface area contributed by atoms with Crippen molar-refractivity contribution in [1.82, 2.24) is 24.2 Å². The van der Waals surface area contributed by atoms with E-state index in [4.69, 9.17) is 14.7 Å². The van der Waals surface area contributed by atoms with Gasteiger partial charge in [0.2, 0.25) is 0 Å². The Morgan fingerprint density at radius 2 is 1.71 bits per heavy atom. The molecule has 7 nitrogen and oxygen atoms in total. The zero-order valence-electron chi connectivity index (χ0n) is 21.1. The van der Waals surface area contributed by atoms with Crippen LogP contribution in [0.3, 0.4) is 0 Å². The zero-order valence-corrected chi connectivity index (χ0v) is 21.1. The molecule has 6 heterocycles. The number of nitrogens with zero attached hydrogens (tertiary/aromatic N) is 6. The Hall–Kier alpha value is -2.48. The summed E-state index contributed by atoms with van der Waals surface area (Å²) in [7, 11) is 2.25. The van der Waals surface area contributed by atoms with Crippen LogP contribution in [-0.2, 0) is 4.74 Å². The van der Waals surface area contributed by atoms with Crippen LogP contribution in [0.4, 0.5) is 5.82 Å². The van der Waals surface area contributed by atoms with Crippen LogP contribution in [0.1, 0.15) is 61.1 Å². The molecule has 186 valence electrons. The van der Waals surface area contributed by atoms with E-state index in [1.165, 1.54) is 42.0 Å². The largest absolute Gasteiger partial charge is 0.381 e. The molecule has 0 spiro atoms. The van der Waals surface area contributed by atoms with Crippen molar-refractivity contribution in [2.45, 2.75) is 57.2 Å². The molecule has 3 aliphatic heterocycles.